The molecule has 3 rings (SSSR count). The van der Waals surface area contributed by atoms with E-state index in [0.717, 1.165) is 23.4 Å². The highest BCUT2D eigenvalue weighted by molar-refractivity contribution is 5.84. The first-order chi connectivity index (χ1) is 13.1. The predicted octanol–water partition coefficient (Wildman–Crippen LogP) is 2.05. The van der Waals surface area contributed by atoms with Crippen LogP contribution in [0, 0.1) is 5.92 Å². The molecule has 0 bridgehead atoms. The summed E-state index contributed by atoms with van der Waals surface area (Å²) < 4.78 is 4.88. The van der Waals surface area contributed by atoms with Gasteiger partial charge in [0, 0.05) is 31.1 Å². The first-order valence-electron chi connectivity index (χ1n) is 9.13. The maximum absolute atomic E-state index is 13.1. The van der Waals surface area contributed by atoms with Crippen molar-refractivity contribution in [3.63, 3.8) is 0 Å². The van der Waals surface area contributed by atoms with Crippen molar-refractivity contribution in [1.82, 2.24) is 25.2 Å². The fourth-order valence-electron chi connectivity index (χ4n) is 3.39. The number of carbonyl (C=O) groups excluding carboxylic acids is 2. The molecule has 3 atom stereocenters. The minimum absolute atomic E-state index is 0.0356. The molecular weight excluding hydrogens is 346 g/mol. The first kappa shape index (κ1) is 18.9. The van der Waals surface area contributed by atoms with Crippen LogP contribution >= 0.6 is 0 Å². The summed E-state index contributed by atoms with van der Waals surface area (Å²) in [4.78, 5) is 38.7. The van der Waals surface area contributed by atoms with Crippen molar-refractivity contribution < 1.29 is 14.3 Å². The van der Waals surface area contributed by atoms with Crippen LogP contribution in [0.4, 0.5) is 4.79 Å². The number of amides is 2. The Morgan fingerprint density at radius 1 is 1.41 bits per heavy atom. The molecule has 2 aromatic rings. The Morgan fingerprint density at radius 2 is 2.15 bits per heavy atom. The number of nitrogens with one attached hydrogen (secondary N) is 2. The molecule has 0 fully saturated rings. The SMILES string of the molecule is CC[C@H](C)[C@@H](NC(=O)N1CCc2[nH]cnc2[C@@H]1c1ccncc1)C(=O)OC. The van der Waals surface area contributed by atoms with E-state index in [-0.39, 0.29) is 18.0 Å². The molecule has 27 heavy (non-hydrogen) atoms. The van der Waals surface area contributed by atoms with Crippen molar-refractivity contribution in [1.29, 1.82) is 0 Å². The summed E-state index contributed by atoms with van der Waals surface area (Å²) in [6, 6.07) is 2.42. The molecule has 0 unspecified atom stereocenters. The number of hydrogen-bond donors (Lipinski definition) is 2. The largest absolute Gasteiger partial charge is 0.467 e. The van der Waals surface area contributed by atoms with Gasteiger partial charge in [-0.3, -0.25) is 4.98 Å². The van der Waals surface area contributed by atoms with E-state index >= 15 is 0 Å². The molecule has 0 saturated heterocycles. The van der Waals surface area contributed by atoms with Gasteiger partial charge in [0.25, 0.3) is 0 Å². The van der Waals surface area contributed by atoms with Crippen molar-refractivity contribution in [3.8, 4) is 0 Å². The van der Waals surface area contributed by atoms with E-state index in [4.69, 9.17) is 4.74 Å². The van der Waals surface area contributed by atoms with Crippen LogP contribution in [0.1, 0.15) is 43.3 Å². The van der Waals surface area contributed by atoms with Crippen molar-refractivity contribution in [2.75, 3.05) is 13.7 Å². The lowest BCUT2D eigenvalue weighted by Gasteiger charge is -2.36. The van der Waals surface area contributed by atoms with Gasteiger partial charge in [0.05, 0.1) is 19.1 Å². The van der Waals surface area contributed by atoms with Crippen molar-refractivity contribution in [3.05, 3.63) is 47.8 Å². The van der Waals surface area contributed by atoms with Crippen LogP contribution in [0.15, 0.2) is 30.9 Å². The number of carbonyl (C=O) groups is 2. The van der Waals surface area contributed by atoms with E-state index in [1.54, 1.807) is 23.6 Å². The molecule has 0 saturated carbocycles. The Kier molecular flexibility index (Phi) is 5.73. The zero-order chi connectivity index (χ0) is 19.4. The Hall–Kier alpha value is -2.90. The predicted molar refractivity (Wildman–Crippen MR) is 98.9 cm³/mol. The van der Waals surface area contributed by atoms with Gasteiger partial charge in [0.1, 0.15) is 12.1 Å². The van der Waals surface area contributed by atoms with Crippen molar-refractivity contribution >= 4 is 12.0 Å². The summed E-state index contributed by atoms with van der Waals surface area (Å²) in [5, 5.41) is 2.87. The second kappa shape index (κ2) is 8.20. The van der Waals surface area contributed by atoms with E-state index in [1.165, 1.54) is 7.11 Å². The lowest BCUT2D eigenvalue weighted by atomic mass is 9.96. The van der Waals surface area contributed by atoms with E-state index in [2.05, 4.69) is 20.3 Å². The molecule has 2 N–H and O–H groups in total. The van der Waals surface area contributed by atoms with Gasteiger partial charge in [-0.2, -0.15) is 0 Å². The Morgan fingerprint density at radius 3 is 2.81 bits per heavy atom. The number of H-pyrrole nitrogens is 1. The Balaban J connectivity index is 1.89. The van der Waals surface area contributed by atoms with Crippen molar-refractivity contribution in [2.24, 2.45) is 5.92 Å². The molecule has 3 heterocycles. The van der Waals surface area contributed by atoms with Crippen molar-refractivity contribution in [2.45, 2.75) is 38.8 Å². The standard InChI is InChI=1S/C19H25N5O3/c1-4-12(2)15(18(25)27-3)23-19(26)24-10-7-14-16(22-11-21-14)17(24)13-5-8-20-9-6-13/h5-6,8-9,11-12,15,17H,4,7,10H2,1-3H3,(H,21,22)(H,23,26)/t12-,15+,17-/m0/s1. The molecule has 1 aliphatic heterocycles. The van der Waals surface area contributed by atoms with E-state index in [0.29, 0.717) is 13.0 Å². The van der Waals surface area contributed by atoms with Gasteiger partial charge in [-0.25, -0.2) is 14.6 Å². The highest BCUT2D eigenvalue weighted by atomic mass is 16.5. The summed E-state index contributed by atoms with van der Waals surface area (Å²) in [6.07, 6.45) is 6.47. The molecular formula is C19H25N5O3. The third-order valence-electron chi connectivity index (χ3n) is 5.15. The molecule has 0 radical (unpaired) electrons. The van der Waals surface area contributed by atoms with Crippen LogP contribution in [-0.4, -0.2) is 51.5 Å². The summed E-state index contributed by atoms with van der Waals surface area (Å²) >= 11 is 0. The highest BCUT2D eigenvalue weighted by Gasteiger charge is 2.36. The monoisotopic (exact) mass is 371 g/mol. The summed E-state index contributed by atoms with van der Waals surface area (Å²) in [6.45, 7) is 4.41. The zero-order valence-electron chi connectivity index (χ0n) is 15.8. The first-order valence-corrected chi connectivity index (χ1v) is 9.13. The molecule has 2 amide bonds. The zero-order valence-corrected chi connectivity index (χ0v) is 15.8. The quantitative estimate of drug-likeness (QED) is 0.784. The smallest absolute Gasteiger partial charge is 0.328 e. The van der Waals surface area contributed by atoms with Gasteiger partial charge in [0.2, 0.25) is 0 Å². The molecule has 1 aliphatic rings. The number of urea groups is 1. The normalized spacial score (nSPS) is 18.3. The maximum Gasteiger partial charge on any atom is 0.328 e. The number of methoxy groups -OCH3 is 1. The number of nitrogens with zero attached hydrogens (tertiary/aromatic N) is 3. The third kappa shape index (κ3) is 3.79. The van der Waals surface area contributed by atoms with Crippen LogP contribution in [0.5, 0.6) is 0 Å². The van der Waals surface area contributed by atoms with Crippen LogP contribution in [-0.2, 0) is 16.0 Å². The summed E-state index contributed by atoms with van der Waals surface area (Å²) in [7, 11) is 1.33. The second-order valence-electron chi connectivity index (χ2n) is 6.73. The summed E-state index contributed by atoms with van der Waals surface area (Å²) in [5.41, 5.74) is 2.76. The summed E-state index contributed by atoms with van der Waals surface area (Å²) in [5.74, 6) is -0.470. The number of fused-ring (bicyclic) bond motifs is 1. The highest BCUT2D eigenvalue weighted by Crippen LogP contribution is 2.33. The number of aromatic amines is 1. The minimum Gasteiger partial charge on any atom is -0.467 e. The third-order valence-corrected chi connectivity index (χ3v) is 5.15. The lowest BCUT2D eigenvalue weighted by Crippen LogP contribution is -2.53. The maximum atomic E-state index is 13.1. The average molecular weight is 371 g/mol. The fraction of sp³-hybridized carbons (Fsp3) is 0.474. The number of imidazole rings is 1. The van der Waals surface area contributed by atoms with Crippen LogP contribution in [0.2, 0.25) is 0 Å². The number of hydrogen-bond acceptors (Lipinski definition) is 5. The number of ether oxygens (including phenoxy) is 1. The Labute approximate surface area is 158 Å². The molecule has 0 spiro atoms. The minimum atomic E-state index is -0.689. The number of esters is 1. The Bertz CT molecular complexity index is 792. The van der Waals surface area contributed by atoms with E-state index in [9.17, 15) is 9.59 Å². The van der Waals surface area contributed by atoms with E-state index in [1.807, 2.05) is 26.0 Å². The van der Waals surface area contributed by atoms with Gasteiger partial charge >= 0.3 is 12.0 Å². The van der Waals surface area contributed by atoms with Gasteiger partial charge in [-0.15, -0.1) is 0 Å². The van der Waals surface area contributed by atoms with E-state index < -0.39 is 12.0 Å². The van der Waals surface area contributed by atoms with Crippen LogP contribution in [0.3, 0.4) is 0 Å². The van der Waals surface area contributed by atoms with Crippen LogP contribution in [0.25, 0.3) is 0 Å². The molecule has 8 nitrogen and oxygen atoms in total. The molecule has 0 aromatic carbocycles. The average Bonchev–Trinajstić information content (AvgIpc) is 3.19. The molecule has 144 valence electrons. The molecule has 8 heteroatoms. The second-order valence-corrected chi connectivity index (χ2v) is 6.73. The van der Waals surface area contributed by atoms with Gasteiger partial charge in [-0.05, 0) is 23.6 Å². The van der Waals surface area contributed by atoms with Gasteiger partial charge in [-0.1, -0.05) is 20.3 Å². The topological polar surface area (TPSA) is 100 Å². The van der Waals surface area contributed by atoms with Gasteiger partial charge < -0.3 is 19.9 Å². The fourth-order valence-corrected chi connectivity index (χ4v) is 3.39. The molecule has 0 aliphatic carbocycles. The number of pyridine rings is 1. The number of aromatic nitrogens is 3. The van der Waals surface area contributed by atoms with Gasteiger partial charge in [0.15, 0.2) is 0 Å². The van der Waals surface area contributed by atoms with Crippen LogP contribution < -0.4 is 5.32 Å². The molecule has 2 aromatic heterocycles. The number of rotatable bonds is 5. The lowest BCUT2D eigenvalue weighted by molar-refractivity contribution is -0.144.